The van der Waals surface area contributed by atoms with Crippen LogP contribution in [0.3, 0.4) is 0 Å². The predicted molar refractivity (Wildman–Crippen MR) is 71.4 cm³/mol. The van der Waals surface area contributed by atoms with E-state index in [4.69, 9.17) is 0 Å². The number of hydrogen-bond acceptors (Lipinski definition) is 3. The van der Waals surface area contributed by atoms with Crippen molar-refractivity contribution in [2.45, 2.75) is 45.9 Å². The molecule has 0 radical (unpaired) electrons. The van der Waals surface area contributed by atoms with E-state index in [0.29, 0.717) is 12.4 Å². The molecule has 0 spiro atoms. The highest BCUT2D eigenvalue weighted by Crippen LogP contribution is 2.14. The minimum absolute atomic E-state index is 0.0295. The lowest BCUT2D eigenvalue weighted by molar-refractivity contribution is 0.0666. The molecule has 0 aliphatic heterocycles. The van der Waals surface area contributed by atoms with E-state index in [0.717, 1.165) is 10.4 Å². The summed E-state index contributed by atoms with van der Waals surface area (Å²) in [5.41, 5.74) is -0.0295. The van der Waals surface area contributed by atoms with Crippen LogP contribution >= 0.6 is 0 Å². The molecule has 0 saturated heterocycles. The summed E-state index contributed by atoms with van der Waals surface area (Å²) < 4.78 is 28.2. The number of aromatic nitrogens is 4. The first-order valence-electron chi connectivity index (χ1n) is 6.42. The topological polar surface area (TPSA) is 47.7 Å². The van der Waals surface area contributed by atoms with Crippen LogP contribution in [0.2, 0.25) is 0 Å². The molecule has 0 saturated carbocycles. The lowest BCUT2D eigenvalue weighted by Gasteiger charge is -2.20. The van der Waals surface area contributed by atoms with Crippen molar-refractivity contribution in [2.75, 3.05) is 0 Å². The first-order valence-corrected chi connectivity index (χ1v) is 6.42. The van der Waals surface area contributed by atoms with Crippen LogP contribution in [0.5, 0.6) is 0 Å². The van der Waals surface area contributed by atoms with Gasteiger partial charge >= 0.3 is 6.55 Å². The molecule has 2 aromatic rings. The lowest BCUT2D eigenvalue weighted by atomic mass is 10.1. The van der Waals surface area contributed by atoms with Gasteiger partial charge in [-0.25, -0.2) is 9.97 Å². The second-order valence-electron chi connectivity index (χ2n) is 5.60. The Morgan fingerprint density at radius 3 is 2.45 bits per heavy atom. The van der Waals surface area contributed by atoms with Crippen LogP contribution in [0.25, 0.3) is 0 Å². The fraction of sp³-hybridized carbons (Fsp3) is 0.538. The molecule has 0 unspecified atom stereocenters. The molecule has 110 valence electrons. The molecular weight excluding hydrogens is 264 g/mol. The van der Waals surface area contributed by atoms with E-state index in [1.165, 1.54) is 12.4 Å². The first-order chi connectivity index (χ1) is 9.37. The Hall–Kier alpha value is -1.76. The average Bonchev–Trinajstić information content (AvgIpc) is 2.95. The van der Waals surface area contributed by atoms with Gasteiger partial charge in [-0.1, -0.05) is 0 Å². The van der Waals surface area contributed by atoms with E-state index in [2.05, 4.69) is 36.1 Å². The monoisotopic (exact) mass is 283 g/mol. The van der Waals surface area contributed by atoms with E-state index in [1.807, 2.05) is 4.57 Å². The normalized spacial score (nSPS) is 12.3. The van der Waals surface area contributed by atoms with Gasteiger partial charge in [0.15, 0.2) is 0 Å². The molecule has 0 atom stereocenters. The third-order valence-electron chi connectivity index (χ3n) is 2.85. The smallest absolute Gasteiger partial charge is 0.319 e. The van der Waals surface area contributed by atoms with Crippen LogP contribution in [0.15, 0.2) is 24.8 Å². The fourth-order valence-electron chi connectivity index (χ4n) is 1.79. The largest absolute Gasteiger partial charge is 0.326 e. The predicted octanol–water partition coefficient (Wildman–Crippen LogP) is 2.41. The molecule has 2 aromatic heterocycles. The van der Waals surface area contributed by atoms with Gasteiger partial charge in [0, 0.05) is 30.3 Å². The van der Waals surface area contributed by atoms with Crippen molar-refractivity contribution in [3.8, 4) is 0 Å². The van der Waals surface area contributed by atoms with Crippen molar-refractivity contribution in [1.82, 2.24) is 24.4 Å². The highest BCUT2D eigenvalue weighted by molar-refractivity contribution is 5.00. The molecule has 0 bridgehead atoms. The minimum atomic E-state index is -2.58. The van der Waals surface area contributed by atoms with Crippen LogP contribution in [0.4, 0.5) is 8.78 Å². The Labute approximate surface area is 116 Å². The molecular formula is C13H19F2N5. The van der Waals surface area contributed by atoms with Gasteiger partial charge in [0.1, 0.15) is 11.6 Å². The Bertz CT molecular complexity index is 553. The van der Waals surface area contributed by atoms with Gasteiger partial charge in [-0.3, -0.25) is 4.57 Å². The number of halogens is 2. The highest BCUT2D eigenvalue weighted by Gasteiger charge is 2.14. The first kappa shape index (κ1) is 14.6. The molecule has 0 aliphatic carbocycles. The summed E-state index contributed by atoms with van der Waals surface area (Å²) in [6, 6.07) is 0. The van der Waals surface area contributed by atoms with Gasteiger partial charge in [-0.2, -0.15) is 8.78 Å². The number of nitrogens with zero attached hydrogens (tertiary/aromatic N) is 4. The van der Waals surface area contributed by atoms with Crippen molar-refractivity contribution < 1.29 is 8.78 Å². The maximum Gasteiger partial charge on any atom is 0.319 e. The van der Waals surface area contributed by atoms with Crippen molar-refractivity contribution >= 4 is 0 Å². The van der Waals surface area contributed by atoms with Crippen LogP contribution in [0.1, 0.15) is 39.0 Å². The van der Waals surface area contributed by atoms with Gasteiger partial charge in [0.05, 0.1) is 13.1 Å². The van der Waals surface area contributed by atoms with Crippen molar-refractivity contribution in [2.24, 2.45) is 0 Å². The van der Waals surface area contributed by atoms with Gasteiger partial charge < -0.3 is 9.88 Å². The lowest BCUT2D eigenvalue weighted by Crippen LogP contribution is -2.36. The molecule has 0 aromatic carbocycles. The maximum absolute atomic E-state index is 12.8. The van der Waals surface area contributed by atoms with Crippen molar-refractivity contribution in [3.05, 3.63) is 36.4 Å². The van der Waals surface area contributed by atoms with Crippen LogP contribution in [-0.2, 0) is 13.1 Å². The number of hydrogen-bond donors (Lipinski definition) is 1. The summed E-state index contributed by atoms with van der Waals surface area (Å²) in [6.07, 6.45) is 6.09. The molecule has 0 fully saturated rings. The number of alkyl halides is 2. The van der Waals surface area contributed by atoms with E-state index < -0.39 is 6.55 Å². The average molecular weight is 283 g/mol. The van der Waals surface area contributed by atoms with Crippen LogP contribution in [-0.4, -0.2) is 24.6 Å². The second kappa shape index (κ2) is 5.70. The summed E-state index contributed by atoms with van der Waals surface area (Å²) in [5, 5.41) is 3.32. The summed E-state index contributed by atoms with van der Waals surface area (Å²) in [7, 11) is 0. The summed E-state index contributed by atoms with van der Waals surface area (Å²) in [5.74, 6) is 1.11. The molecule has 1 N–H and O–H groups in total. The van der Waals surface area contributed by atoms with Crippen molar-refractivity contribution in [3.63, 3.8) is 0 Å². The van der Waals surface area contributed by atoms with Crippen LogP contribution < -0.4 is 5.32 Å². The molecule has 20 heavy (non-hydrogen) atoms. The van der Waals surface area contributed by atoms with Gasteiger partial charge in [-0.05, 0) is 20.8 Å². The minimum Gasteiger partial charge on any atom is -0.326 e. The summed E-state index contributed by atoms with van der Waals surface area (Å²) in [4.78, 5) is 8.23. The Morgan fingerprint density at radius 2 is 1.80 bits per heavy atom. The highest BCUT2D eigenvalue weighted by atomic mass is 19.3. The Morgan fingerprint density at radius 1 is 1.15 bits per heavy atom. The maximum atomic E-state index is 12.8. The summed E-state index contributed by atoms with van der Waals surface area (Å²) >= 11 is 0. The van der Waals surface area contributed by atoms with E-state index in [1.54, 1.807) is 12.4 Å². The molecule has 7 heteroatoms. The third-order valence-corrected chi connectivity index (χ3v) is 2.85. The fourth-order valence-corrected chi connectivity index (χ4v) is 1.79. The molecule has 0 aliphatic rings. The molecule has 0 amide bonds. The number of rotatable bonds is 5. The summed E-state index contributed by atoms with van der Waals surface area (Å²) in [6.45, 7) is 4.45. The second-order valence-corrected chi connectivity index (χ2v) is 5.60. The third kappa shape index (κ3) is 3.63. The van der Waals surface area contributed by atoms with Crippen molar-refractivity contribution in [1.29, 1.82) is 0 Å². The quantitative estimate of drug-likeness (QED) is 0.916. The molecule has 5 nitrogen and oxygen atoms in total. The number of nitrogens with one attached hydrogen (secondary N) is 1. The zero-order chi connectivity index (χ0) is 14.8. The zero-order valence-corrected chi connectivity index (χ0v) is 11.8. The van der Waals surface area contributed by atoms with Gasteiger partial charge in [0.2, 0.25) is 0 Å². The standard InChI is InChI=1S/C13H19F2N5/c1-13(2,3)18-8-10-16-4-6-19(10)9-11-17-5-7-20(11)12(14)15/h4-7,12,18H,8-9H2,1-3H3. The van der Waals surface area contributed by atoms with E-state index >= 15 is 0 Å². The van der Waals surface area contributed by atoms with Gasteiger partial charge in [-0.15, -0.1) is 0 Å². The van der Waals surface area contributed by atoms with E-state index in [9.17, 15) is 8.78 Å². The van der Waals surface area contributed by atoms with Gasteiger partial charge in [0.25, 0.3) is 0 Å². The molecule has 2 heterocycles. The Kier molecular flexibility index (Phi) is 4.17. The molecule has 2 rings (SSSR count). The van der Waals surface area contributed by atoms with E-state index in [-0.39, 0.29) is 12.1 Å². The SMILES string of the molecule is CC(C)(C)NCc1nccn1Cc1nccn1C(F)F. The number of imidazole rings is 2. The zero-order valence-electron chi connectivity index (χ0n) is 11.8. The van der Waals surface area contributed by atoms with Crippen LogP contribution in [0, 0.1) is 0 Å². The Balaban J connectivity index is 2.10.